The molecule has 0 fully saturated rings. The van der Waals surface area contributed by atoms with E-state index in [1.54, 1.807) is 0 Å². The van der Waals surface area contributed by atoms with E-state index in [1.165, 1.54) is 27.8 Å². The average molecular weight is 233 g/mol. The zero-order valence-corrected chi connectivity index (χ0v) is 10.9. The largest absolute Gasteiger partial charge is 0.0622 e. The minimum atomic E-state index is 0.549. The van der Waals surface area contributed by atoms with E-state index in [9.17, 15) is 0 Å². The van der Waals surface area contributed by atoms with Crippen LogP contribution in [0.25, 0.3) is 5.57 Å². The Hall–Kier alpha value is -1.82. The molecule has 89 valence electrons. The highest BCUT2D eigenvalue weighted by Crippen LogP contribution is 2.41. The summed E-state index contributed by atoms with van der Waals surface area (Å²) in [5.41, 5.74) is 6.89. The Bertz CT molecular complexity index is 588. The predicted octanol–water partition coefficient (Wildman–Crippen LogP) is 4.71. The van der Waals surface area contributed by atoms with Gasteiger partial charge in [0.15, 0.2) is 0 Å². The molecule has 0 heteroatoms. The summed E-state index contributed by atoms with van der Waals surface area (Å²) < 4.78 is 0. The highest BCUT2D eigenvalue weighted by atomic mass is 14.3. The van der Waals surface area contributed by atoms with Crippen LogP contribution in [0.15, 0.2) is 60.2 Å². The van der Waals surface area contributed by atoms with Crippen LogP contribution >= 0.6 is 0 Å². The lowest BCUT2D eigenvalue weighted by Gasteiger charge is -2.11. The lowest BCUT2D eigenvalue weighted by Crippen LogP contribution is -1.95. The third-order valence-corrected chi connectivity index (χ3v) is 3.51. The van der Waals surface area contributed by atoms with Crippen LogP contribution in [0.5, 0.6) is 0 Å². The molecule has 0 spiro atoms. The van der Waals surface area contributed by atoms with Gasteiger partial charge in [0, 0.05) is 6.42 Å². The van der Waals surface area contributed by atoms with Crippen LogP contribution < -0.4 is 0 Å². The third kappa shape index (κ3) is 1.78. The van der Waals surface area contributed by atoms with Gasteiger partial charge in [-0.1, -0.05) is 74.0 Å². The van der Waals surface area contributed by atoms with Crippen LogP contribution in [0.2, 0.25) is 0 Å². The monoisotopic (exact) mass is 233 g/mol. The summed E-state index contributed by atoms with van der Waals surface area (Å²) >= 11 is 0. The second-order valence-electron chi connectivity index (χ2n) is 5.08. The van der Waals surface area contributed by atoms with E-state index in [2.05, 4.69) is 74.9 Å². The van der Waals surface area contributed by atoms with Crippen molar-refractivity contribution in [1.82, 2.24) is 0 Å². The van der Waals surface area contributed by atoms with Crippen LogP contribution in [-0.2, 0) is 0 Å². The fourth-order valence-corrected chi connectivity index (χ4v) is 2.63. The van der Waals surface area contributed by atoms with Gasteiger partial charge < -0.3 is 0 Å². The Balaban J connectivity index is 2.21. The van der Waals surface area contributed by atoms with E-state index >= 15 is 0 Å². The van der Waals surface area contributed by atoms with Crippen molar-refractivity contribution in [3.8, 4) is 0 Å². The highest BCUT2D eigenvalue weighted by Gasteiger charge is 2.23. The van der Waals surface area contributed by atoms with E-state index < -0.39 is 0 Å². The fourth-order valence-electron chi connectivity index (χ4n) is 2.63. The van der Waals surface area contributed by atoms with Crippen molar-refractivity contribution < 1.29 is 0 Å². The molecule has 0 saturated heterocycles. The van der Waals surface area contributed by atoms with Gasteiger partial charge in [-0.3, -0.25) is 0 Å². The molecular formula is C18H17. The Labute approximate surface area is 109 Å². The quantitative estimate of drug-likeness (QED) is 0.704. The Kier molecular flexibility index (Phi) is 2.79. The van der Waals surface area contributed by atoms with E-state index in [-0.39, 0.29) is 0 Å². The first-order chi connectivity index (χ1) is 8.77. The number of allylic oxidation sites excluding steroid dienone is 1. The normalized spacial score (nSPS) is 14.2. The molecule has 0 amide bonds. The van der Waals surface area contributed by atoms with Gasteiger partial charge in [0.1, 0.15) is 0 Å². The summed E-state index contributed by atoms with van der Waals surface area (Å²) in [6, 6.07) is 19.4. The Morgan fingerprint density at radius 2 is 1.44 bits per heavy atom. The molecule has 2 aromatic carbocycles. The molecule has 18 heavy (non-hydrogen) atoms. The van der Waals surface area contributed by atoms with Crippen molar-refractivity contribution in [2.75, 3.05) is 0 Å². The Morgan fingerprint density at radius 3 is 2.17 bits per heavy atom. The molecule has 3 rings (SSSR count). The smallest absolute Gasteiger partial charge is 0.0173 e. The van der Waals surface area contributed by atoms with E-state index in [0.717, 1.165) is 0 Å². The third-order valence-electron chi connectivity index (χ3n) is 3.51. The summed E-state index contributed by atoms with van der Waals surface area (Å²) in [7, 11) is 0. The van der Waals surface area contributed by atoms with Gasteiger partial charge in [0.05, 0.1) is 0 Å². The molecule has 1 aliphatic rings. The maximum Gasteiger partial charge on any atom is 0.0173 e. The summed E-state index contributed by atoms with van der Waals surface area (Å²) in [6.45, 7) is 4.53. The second-order valence-corrected chi connectivity index (χ2v) is 5.08. The molecule has 0 N–H and O–H groups in total. The summed E-state index contributed by atoms with van der Waals surface area (Å²) in [4.78, 5) is 0. The molecule has 0 aromatic heterocycles. The van der Waals surface area contributed by atoms with Crippen LogP contribution in [0.3, 0.4) is 0 Å². The van der Waals surface area contributed by atoms with Crippen molar-refractivity contribution in [1.29, 1.82) is 0 Å². The van der Waals surface area contributed by atoms with E-state index in [4.69, 9.17) is 0 Å². The number of hydrogen-bond acceptors (Lipinski definition) is 0. The summed E-state index contributed by atoms with van der Waals surface area (Å²) in [6.07, 6.45) is 2.34. The molecule has 0 saturated carbocycles. The van der Waals surface area contributed by atoms with Crippen molar-refractivity contribution in [3.05, 3.63) is 83.3 Å². The molecule has 0 nitrogen and oxygen atoms in total. The van der Waals surface area contributed by atoms with Gasteiger partial charge in [0.25, 0.3) is 0 Å². The van der Waals surface area contributed by atoms with Crippen LogP contribution in [0.1, 0.15) is 30.5 Å². The zero-order valence-electron chi connectivity index (χ0n) is 10.9. The lowest BCUT2D eigenvalue weighted by molar-refractivity contribution is 0.787. The summed E-state index contributed by atoms with van der Waals surface area (Å²) in [5.74, 6) is 0.549. The average Bonchev–Trinajstić information content (AvgIpc) is 2.79. The van der Waals surface area contributed by atoms with Crippen molar-refractivity contribution in [2.45, 2.75) is 13.8 Å². The predicted molar refractivity (Wildman–Crippen MR) is 77.1 cm³/mol. The Morgan fingerprint density at radius 1 is 0.778 bits per heavy atom. The van der Waals surface area contributed by atoms with Gasteiger partial charge in [0.2, 0.25) is 0 Å². The number of hydrogen-bond donors (Lipinski definition) is 0. The van der Waals surface area contributed by atoms with Crippen LogP contribution in [0.4, 0.5) is 0 Å². The van der Waals surface area contributed by atoms with Crippen molar-refractivity contribution >= 4 is 5.57 Å². The highest BCUT2D eigenvalue weighted by molar-refractivity contribution is 5.90. The summed E-state index contributed by atoms with van der Waals surface area (Å²) in [5, 5.41) is 0. The number of fused-ring (bicyclic) bond motifs is 1. The van der Waals surface area contributed by atoms with Gasteiger partial charge >= 0.3 is 0 Å². The van der Waals surface area contributed by atoms with Gasteiger partial charge in [-0.15, -0.1) is 0 Å². The fraction of sp³-hybridized carbons (Fsp3) is 0.167. The first kappa shape index (κ1) is 11.3. The van der Waals surface area contributed by atoms with Gasteiger partial charge in [-0.05, 0) is 28.2 Å². The molecular weight excluding hydrogens is 216 g/mol. The maximum absolute atomic E-state index is 2.34. The molecule has 0 bridgehead atoms. The molecule has 1 radical (unpaired) electrons. The van der Waals surface area contributed by atoms with Crippen LogP contribution in [-0.4, -0.2) is 0 Å². The zero-order chi connectivity index (χ0) is 12.5. The first-order valence-electron chi connectivity index (χ1n) is 6.51. The lowest BCUT2D eigenvalue weighted by atomic mass is 9.93. The molecule has 0 heterocycles. The van der Waals surface area contributed by atoms with E-state index in [0.29, 0.717) is 5.92 Å². The molecule has 1 aliphatic carbocycles. The second kappa shape index (κ2) is 4.45. The standard InChI is InChI=1S/C18H17/c1-13(2)17-12-15-10-6-7-11-16(15)18(17)14-8-4-3-5-9-14/h3-13H,1-2H3. The topological polar surface area (TPSA) is 0 Å². The van der Waals surface area contributed by atoms with Gasteiger partial charge in [-0.25, -0.2) is 0 Å². The van der Waals surface area contributed by atoms with Crippen molar-refractivity contribution in [3.63, 3.8) is 0 Å². The molecule has 2 aromatic rings. The number of benzene rings is 2. The molecule has 0 aliphatic heterocycles. The number of rotatable bonds is 2. The van der Waals surface area contributed by atoms with Crippen LogP contribution in [0, 0.1) is 12.3 Å². The molecule has 0 unspecified atom stereocenters. The van der Waals surface area contributed by atoms with E-state index in [1.807, 2.05) is 0 Å². The van der Waals surface area contributed by atoms with Gasteiger partial charge in [-0.2, -0.15) is 0 Å². The minimum Gasteiger partial charge on any atom is -0.0622 e. The maximum atomic E-state index is 2.34. The minimum absolute atomic E-state index is 0.549. The molecule has 0 atom stereocenters. The van der Waals surface area contributed by atoms with Crippen molar-refractivity contribution in [2.24, 2.45) is 5.92 Å². The first-order valence-corrected chi connectivity index (χ1v) is 6.51. The SMILES string of the molecule is CC(C)C1=C(c2ccccc2)c2ccccc2[CH]1.